The van der Waals surface area contributed by atoms with E-state index < -0.39 is 5.82 Å². The normalized spacial score (nSPS) is 20.2. The van der Waals surface area contributed by atoms with Gasteiger partial charge in [-0.25, -0.2) is 14.4 Å². The summed E-state index contributed by atoms with van der Waals surface area (Å²) in [6, 6.07) is 17.8. The number of piperidine rings is 3. The Hall–Kier alpha value is -4.34. The van der Waals surface area contributed by atoms with Gasteiger partial charge in [0, 0.05) is 58.8 Å². The molecule has 44 heavy (non-hydrogen) atoms. The second-order valence-corrected chi connectivity index (χ2v) is 12.0. The maximum atomic E-state index is 15.2. The molecular formula is C34H32ClFN6O2. The Balaban J connectivity index is 1.15. The second-order valence-electron chi connectivity index (χ2n) is 11.6. The van der Waals surface area contributed by atoms with Crippen LogP contribution in [0, 0.1) is 11.7 Å². The molecule has 1 amide bonds. The lowest BCUT2D eigenvalue weighted by Gasteiger charge is -2.48. The van der Waals surface area contributed by atoms with Crippen LogP contribution in [0.25, 0.3) is 11.3 Å². The van der Waals surface area contributed by atoms with E-state index in [9.17, 15) is 4.79 Å². The maximum Gasteiger partial charge on any atom is 0.253 e. The highest BCUT2D eigenvalue weighted by atomic mass is 35.5. The molecule has 1 N–H and O–H groups in total. The first kappa shape index (κ1) is 28.4. The summed E-state index contributed by atoms with van der Waals surface area (Å²) < 4.78 is 20.7. The van der Waals surface area contributed by atoms with Crippen molar-refractivity contribution in [2.45, 2.75) is 25.4 Å². The number of ether oxygens (including phenoxy) is 1. The molecule has 10 heteroatoms. The molecule has 4 aromatic rings. The van der Waals surface area contributed by atoms with Crippen LogP contribution in [0.2, 0.25) is 5.02 Å². The van der Waals surface area contributed by atoms with Gasteiger partial charge in [-0.3, -0.25) is 9.79 Å². The molecule has 0 spiro atoms. The fourth-order valence-electron chi connectivity index (χ4n) is 6.65. The van der Waals surface area contributed by atoms with Crippen molar-refractivity contribution in [3.63, 3.8) is 0 Å². The summed E-state index contributed by atoms with van der Waals surface area (Å²) in [5.41, 5.74) is 4.99. The zero-order chi connectivity index (χ0) is 30.4. The highest BCUT2D eigenvalue weighted by molar-refractivity contribution is 6.31. The first-order valence-corrected chi connectivity index (χ1v) is 15.2. The van der Waals surface area contributed by atoms with Crippen molar-refractivity contribution < 1.29 is 13.9 Å². The van der Waals surface area contributed by atoms with E-state index >= 15 is 4.39 Å². The van der Waals surface area contributed by atoms with Gasteiger partial charge in [0.2, 0.25) is 5.95 Å². The maximum absolute atomic E-state index is 15.2. The van der Waals surface area contributed by atoms with Crippen molar-refractivity contribution in [2.24, 2.45) is 10.9 Å². The molecule has 3 saturated heterocycles. The third-order valence-electron chi connectivity index (χ3n) is 9.02. The van der Waals surface area contributed by atoms with Gasteiger partial charge in [-0.2, -0.15) is 0 Å². The van der Waals surface area contributed by atoms with Gasteiger partial charge in [0.05, 0.1) is 30.6 Å². The van der Waals surface area contributed by atoms with Crippen LogP contribution in [0.5, 0.6) is 5.75 Å². The molecule has 0 radical (unpaired) electrons. The molecule has 2 bridgehead atoms. The highest BCUT2D eigenvalue weighted by Crippen LogP contribution is 2.36. The lowest BCUT2D eigenvalue weighted by molar-refractivity contribution is 0.0162. The van der Waals surface area contributed by atoms with E-state index in [4.69, 9.17) is 26.3 Å². The number of carbonyl (C=O) groups excluding carboxylic acids is 1. The molecule has 3 aromatic carbocycles. The Bertz CT molecular complexity index is 1770. The molecule has 8 rings (SSSR count). The minimum atomic E-state index is -0.440. The number of amides is 1. The predicted octanol–water partition coefficient (Wildman–Crippen LogP) is 6.21. The highest BCUT2D eigenvalue weighted by Gasteiger charge is 2.38. The number of fused-ring (bicyclic) bond motifs is 6. The molecule has 0 saturated carbocycles. The molecule has 1 aromatic heterocycles. The topological polar surface area (TPSA) is 83.0 Å². The number of hydrogen-bond donors (Lipinski definition) is 1. The van der Waals surface area contributed by atoms with Gasteiger partial charge in [-0.1, -0.05) is 23.7 Å². The van der Waals surface area contributed by atoms with Crippen LogP contribution in [0.3, 0.4) is 0 Å². The van der Waals surface area contributed by atoms with Crippen molar-refractivity contribution in [1.82, 2.24) is 19.8 Å². The Morgan fingerprint density at radius 3 is 2.61 bits per heavy atom. The third-order valence-corrected chi connectivity index (χ3v) is 9.26. The number of aromatic nitrogens is 2. The third kappa shape index (κ3) is 5.20. The zero-order valence-electron chi connectivity index (χ0n) is 24.6. The fourth-order valence-corrected chi connectivity index (χ4v) is 6.83. The Kier molecular flexibility index (Phi) is 7.52. The van der Waals surface area contributed by atoms with E-state index in [1.807, 2.05) is 42.3 Å². The molecule has 3 fully saturated rings. The number of nitrogens with one attached hydrogen (secondary N) is 1. The molecule has 4 aliphatic heterocycles. The molecule has 1 unspecified atom stereocenters. The van der Waals surface area contributed by atoms with Crippen molar-refractivity contribution >= 4 is 34.9 Å². The SMILES string of the molecule is COc1cccc(F)c1C1=NCc2cnc(Nc3ccc(C(=O)N(C)C4CN5CCC4CC5)cc3)nc2-c2ccc(Cl)cc21. The largest absolute Gasteiger partial charge is 0.496 e. The van der Waals surface area contributed by atoms with Gasteiger partial charge in [0.25, 0.3) is 5.91 Å². The number of likely N-dealkylation sites (N-methyl/N-ethyl adjacent to an activating group) is 1. The van der Waals surface area contributed by atoms with Crippen molar-refractivity contribution in [1.29, 1.82) is 0 Å². The smallest absolute Gasteiger partial charge is 0.253 e. The summed E-state index contributed by atoms with van der Waals surface area (Å²) in [5, 5.41) is 3.77. The number of carbonyl (C=O) groups is 1. The Morgan fingerprint density at radius 2 is 1.89 bits per heavy atom. The van der Waals surface area contributed by atoms with E-state index in [-0.39, 0.29) is 24.1 Å². The van der Waals surface area contributed by atoms with Crippen molar-refractivity contribution in [3.8, 4) is 17.0 Å². The van der Waals surface area contributed by atoms with Crippen LogP contribution < -0.4 is 10.1 Å². The summed E-state index contributed by atoms with van der Waals surface area (Å²) >= 11 is 6.42. The number of rotatable bonds is 6. The lowest BCUT2D eigenvalue weighted by atomic mass is 9.83. The van der Waals surface area contributed by atoms with Gasteiger partial charge in [0.15, 0.2) is 0 Å². The first-order chi connectivity index (χ1) is 21.4. The van der Waals surface area contributed by atoms with Crippen LogP contribution in [0.4, 0.5) is 16.0 Å². The number of nitrogens with zero attached hydrogens (tertiary/aromatic N) is 5. The number of benzene rings is 3. The number of hydrogen-bond acceptors (Lipinski definition) is 7. The van der Waals surface area contributed by atoms with Crippen LogP contribution >= 0.6 is 11.6 Å². The molecule has 4 aliphatic rings. The van der Waals surface area contributed by atoms with Gasteiger partial charge < -0.3 is 19.9 Å². The average molecular weight is 611 g/mol. The summed E-state index contributed by atoms with van der Waals surface area (Å²) in [7, 11) is 3.43. The number of methoxy groups -OCH3 is 1. The summed E-state index contributed by atoms with van der Waals surface area (Å²) in [6.07, 6.45) is 4.05. The van der Waals surface area contributed by atoms with E-state index in [1.165, 1.54) is 13.2 Å². The van der Waals surface area contributed by atoms with Crippen LogP contribution in [-0.4, -0.2) is 71.2 Å². The summed E-state index contributed by atoms with van der Waals surface area (Å²) in [4.78, 5) is 31.9. The molecule has 8 nitrogen and oxygen atoms in total. The van der Waals surface area contributed by atoms with Crippen molar-refractivity contribution in [3.05, 3.63) is 100.0 Å². The number of aliphatic imine (C=N–C) groups is 1. The first-order valence-electron chi connectivity index (χ1n) is 14.8. The number of halogens is 2. The van der Waals surface area contributed by atoms with Crippen LogP contribution in [0.1, 0.15) is 39.9 Å². The number of anilines is 2. The van der Waals surface area contributed by atoms with Crippen molar-refractivity contribution in [2.75, 3.05) is 39.1 Å². The standard InChI is InChI=1S/C34H32ClFN6O2/c1-41(28-19-42-14-12-20(28)13-15-42)33(43)21-6-9-24(10-7-21)39-34-38-18-22-17-37-32(30-27(36)4-3-5-29(30)44-2)26-16-23(35)8-11-25(26)31(22)40-34/h3-11,16,18,20,28H,12-15,17,19H2,1-2H3,(H,38,39,40). The quantitative estimate of drug-likeness (QED) is 0.280. The Labute approximate surface area is 260 Å². The van der Waals surface area contributed by atoms with Gasteiger partial charge >= 0.3 is 0 Å². The summed E-state index contributed by atoms with van der Waals surface area (Å²) in [6.45, 7) is 3.49. The van der Waals surface area contributed by atoms with Gasteiger partial charge in [0.1, 0.15) is 11.6 Å². The summed E-state index contributed by atoms with van der Waals surface area (Å²) in [5.74, 6) is 0.946. The minimum Gasteiger partial charge on any atom is -0.496 e. The minimum absolute atomic E-state index is 0.0362. The van der Waals surface area contributed by atoms with Crippen LogP contribution in [-0.2, 0) is 6.54 Å². The van der Waals surface area contributed by atoms with Crippen LogP contribution in [0.15, 0.2) is 71.9 Å². The Morgan fingerprint density at radius 1 is 1.09 bits per heavy atom. The predicted molar refractivity (Wildman–Crippen MR) is 170 cm³/mol. The zero-order valence-corrected chi connectivity index (χ0v) is 25.3. The monoisotopic (exact) mass is 610 g/mol. The average Bonchev–Trinajstić information content (AvgIpc) is 3.21. The second kappa shape index (κ2) is 11.6. The van der Waals surface area contributed by atoms with E-state index in [1.54, 1.807) is 30.5 Å². The molecule has 0 aliphatic carbocycles. The molecule has 5 heterocycles. The molecular weight excluding hydrogens is 579 g/mol. The molecule has 224 valence electrons. The molecule has 1 atom stereocenters. The van der Waals surface area contributed by atoms with E-state index in [0.717, 1.165) is 49.3 Å². The fraction of sp³-hybridized carbons (Fsp3) is 0.294. The van der Waals surface area contributed by atoms with Gasteiger partial charge in [-0.05, 0) is 80.4 Å². The van der Waals surface area contributed by atoms with Gasteiger partial charge in [-0.15, -0.1) is 0 Å². The van der Waals surface area contributed by atoms with E-state index in [0.29, 0.717) is 45.2 Å². The lowest BCUT2D eigenvalue weighted by Crippen LogP contribution is -2.57. The van der Waals surface area contributed by atoms with E-state index in [2.05, 4.69) is 15.2 Å².